The first kappa shape index (κ1) is 26.0. The molecule has 2 N–H and O–H groups in total. The number of anilines is 1. The Bertz CT molecular complexity index is 1340. The SMILES string of the molecule is Cc1cccc(C)c1NC(=O)N(CC(=O)N(CCc1c[nH]c2ccccc12)Cc1ccccc1)C(C)C. The fourth-order valence-electron chi connectivity index (χ4n) is 4.61. The highest BCUT2D eigenvalue weighted by Crippen LogP contribution is 2.21. The molecular weight excluding hydrogens is 460 g/mol. The van der Waals surface area contributed by atoms with Gasteiger partial charge in [-0.15, -0.1) is 0 Å². The van der Waals surface area contributed by atoms with Gasteiger partial charge in [0.1, 0.15) is 6.54 Å². The van der Waals surface area contributed by atoms with Gasteiger partial charge in [-0.25, -0.2) is 4.79 Å². The van der Waals surface area contributed by atoms with Crippen molar-refractivity contribution in [3.63, 3.8) is 0 Å². The van der Waals surface area contributed by atoms with Crippen LogP contribution in [-0.4, -0.2) is 45.9 Å². The molecule has 0 spiro atoms. The van der Waals surface area contributed by atoms with Gasteiger partial charge < -0.3 is 20.1 Å². The van der Waals surface area contributed by atoms with Gasteiger partial charge in [0.25, 0.3) is 0 Å². The van der Waals surface area contributed by atoms with E-state index in [2.05, 4.69) is 22.4 Å². The minimum atomic E-state index is -0.267. The molecule has 1 aromatic heterocycles. The number of aromatic amines is 1. The molecule has 3 aromatic carbocycles. The minimum Gasteiger partial charge on any atom is -0.361 e. The van der Waals surface area contributed by atoms with Crippen molar-refractivity contribution in [3.8, 4) is 0 Å². The van der Waals surface area contributed by atoms with Crippen LogP contribution in [0.1, 0.15) is 36.1 Å². The molecule has 6 heteroatoms. The second-order valence-corrected chi connectivity index (χ2v) is 9.83. The van der Waals surface area contributed by atoms with Crippen LogP contribution in [0.4, 0.5) is 10.5 Å². The average Bonchev–Trinajstić information content (AvgIpc) is 3.30. The summed E-state index contributed by atoms with van der Waals surface area (Å²) in [5.41, 5.74) is 6.11. The van der Waals surface area contributed by atoms with Gasteiger partial charge in [0.2, 0.25) is 5.91 Å². The Kier molecular flexibility index (Phi) is 8.29. The van der Waals surface area contributed by atoms with Gasteiger partial charge in [-0.2, -0.15) is 0 Å². The molecule has 0 atom stereocenters. The van der Waals surface area contributed by atoms with Crippen molar-refractivity contribution in [1.29, 1.82) is 0 Å². The minimum absolute atomic E-state index is 0.00907. The fourth-order valence-corrected chi connectivity index (χ4v) is 4.61. The number of benzene rings is 3. The molecule has 0 aliphatic rings. The lowest BCUT2D eigenvalue weighted by atomic mass is 10.1. The molecule has 6 nitrogen and oxygen atoms in total. The van der Waals surface area contributed by atoms with Gasteiger partial charge >= 0.3 is 6.03 Å². The number of fused-ring (bicyclic) bond motifs is 1. The first-order valence-electron chi connectivity index (χ1n) is 12.8. The number of rotatable bonds is 9. The highest BCUT2D eigenvalue weighted by molar-refractivity contribution is 5.94. The first-order valence-corrected chi connectivity index (χ1v) is 12.8. The maximum Gasteiger partial charge on any atom is 0.322 e. The largest absolute Gasteiger partial charge is 0.361 e. The van der Waals surface area contributed by atoms with Crippen LogP contribution in [0.2, 0.25) is 0 Å². The van der Waals surface area contributed by atoms with Gasteiger partial charge in [0.05, 0.1) is 0 Å². The molecule has 1 heterocycles. The lowest BCUT2D eigenvalue weighted by molar-refractivity contribution is -0.132. The fraction of sp³-hybridized carbons (Fsp3) is 0.290. The Balaban J connectivity index is 1.51. The molecular formula is C31H36N4O2. The number of hydrogen-bond donors (Lipinski definition) is 2. The Morgan fingerprint density at radius 1 is 0.892 bits per heavy atom. The van der Waals surface area contributed by atoms with Crippen LogP contribution in [-0.2, 0) is 17.8 Å². The maximum absolute atomic E-state index is 13.7. The third-order valence-corrected chi connectivity index (χ3v) is 6.80. The second kappa shape index (κ2) is 11.8. The number of aromatic nitrogens is 1. The van der Waals surface area contributed by atoms with Crippen molar-refractivity contribution in [2.24, 2.45) is 0 Å². The monoisotopic (exact) mass is 496 g/mol. The van der Waals surface area contributed by atoms with Crippen LogP contribution < -0.4 is 5.32 Å². The molecule has 0 saturated heterocycles. The number of aryl methyl sites for hydroxylation is 2. The van der Waals surface area contributed by atoms with Crippen LogP contribution >= 0.6 is 0 Å². The zero-order valence-corrected chi connectivity index (χ0v) is 22.1. The van der Waals surface area contributed by atoms with Crippen molar-refractivity contribution >= 4 is 28.5 Å². The molecule has 0 saturated carbocycles. The lowest BCUT2D eigenvalue weighted by Crippen LogP contribution is -2.47. The first-order chi connectivity index (χ1) is 17.8. The molecule has 37 heavy (non-hydrogen) atoms. The summed E-state index contributed by atoms with van der Waals surface area (Å²) < 4.78 is 0. The molecule has 0 fully saturated rings. The summed E-state index contributed by atoms with van der Waals surface area (Å²) in [6.07, 6.45) is 2.74. The number of hydrogen-bond acceptors (Lipinski definition) is 2. The Labute approximate surface area is 219 Å². The highest BCUT2D eigenvalue weighted by Gasteiger charge is 2.24. The van der Waals surface area contributed by atoms with Crippen LogP contribution in [0.15, 0.2) is 79.0 Å². The number of H-pyrrole nitrogens is 1. The summed E-state index contributed by atoms with van der Waals surface area (Å²) in [5.74, 6) is -0.0750. The van der Waals surface area contributed by atoms with Crippen molar-refractivity contribution in [3.05, 3.63) is 101 Å². The third-order valence-electron chi connectivity index (χ3n) is 6.80. The molecule has 192 valence electrons. The molecule has 0 aliphatic heterocycles. The number of nitrogens with zero attached hydrogens (tertiary/aromatic N) is 2. The summed E-state index contributed by atoms with van der Waals surface area (Å²) in [6, 6.07) is 23.7. The van der Waals surface area contributed by atoms with Crippen molar-refractivity contribution < 1.29 is 9.59 Å². The van der Waals surface area contributed by atoms with Gasteiger partial charge in [-0.05, 0) is 62.4 Å². The normalized spacial score (nSPS) is 11.1. The van der Waals surface area contributed by atoms with Gasteiger partial charge in [-0.1, -0.05) is 66.7 Å². The van der Waals surface area contributed by atoms with Crippen LogP contribution in [0.25, 0.3) is 10.9 Å². The quantitative estimate of drug-likeness (QED) is 0.286. The number of carbonyl (C=O) groups is 2. The van der Waals surface area contributed by atoms with E-state index in [1.54, 1.807) is 4.90 Å². The highest BCUT2D eigenvalue weighted by atomic mass is 16.2. The van der Waals surface area contributed by atoms with Crippen LogP contribution in [0, 0.1) is 13.8 Å². The summed E-state index contributed by atoms with van der Waals surface area (Å²) in [6.45, 7) is 8.87. The number of urea groups is 1. The van der Waals surface area contributed by atoms with E-state index in [9.17, 15) is 9.59 Å². The number of carbonyl (C=O) groups excluding carboxylic acids is 2. The van der Waals surface area contributed by atoms with Crippen molar-refractivity contribution in [2.45, 2.75) is 46.7 Å². The number of para-hydroxylation sites is 2. The molecule has 0 bridgehead atoms. The molecule has 0 aliphatic carbocycles. The van der Waals surface area contributed by atoms with E-state index < -0.39 is 0 Å². The van der Waals surface area contributed by atoms with Crippen molar-refractivity contribution in [1.82, 2.24) is 14.8 Å². The van der Waals surface area contributed by atoms with E-state index in [4.69, 9.17) is 0 Å². The second-order valence-electron chi connectivity index (χ2n) is 9.83. The zero-order valence-electron chi connectivity index (χ0n) is 22.1. The van der Waals surface area contributed by atoms with Crippen LogP contribution in [0.3, 0.4) is 0 Å². The summed E-state index contributed by atoms with van der Waals surface area (Å²) in [7, 11) is 0. The Morgan fingerprint density at radius 2 is 1.57 bits per heavy atom. The molecule has 3 amide bonds. The predicted molar refractivity (Wildman–Crippen MR) is 151 cm³/mol. The Morgan fingerprint density at radius 3 is 2.27 bits per heavy atom. The smallest absolute Gasteiger partial charge is 0.322 e. The summed E-state index contributed by atoms with van der Waals surface area (Å²) in [4.78, 5) is 33.8. The van der Waals surface area contributed by atoms with E-state index in [0.717, 1.165) is 34.3 Å². The molecule has 0 radical (unpaired) electrons. The van der Waals surface area contributed by atoms with E-state index >= 15 is 0 Å². The maximum atomic E-state index is 13.7. The molecule has 4 rings (SSSR count). The third kappa shape index (κ3) is 6.39. The molecule has 4 aromatic rings. The van der Waals surface area contributed by atoms with Crippen LogP contribution in [0.5, 0.6) is 0 Å². The van der Waals surface area contributed by atoms with E-state index in [1.165, 1.54) is 10.9 Å². The number of nitrogens with one attached hydrogen (secondary N) is 2. The summed E-state index contributed by atoms with van der Waals surface area (Å²) >= 11 is 0. The van der Waals surface area contributed by atoms with Crippen molar-refractivity contribution in [2.75, 3.05) is 18.4 Å². The standard InChI is InChI=1S/C31H36N4O2/c1-22(2)35(31(37)33-30-23(3)11-10-12-24(30)4)21-29(36)34(20-25-13-6-5-7-14-25)18-17-26-19-32-28-16-9-8-15-27(26)28/h5-16,19,22,32H,17-18,20-21H2,1-4H3,(H,33,37). The van der Waals surface area contributed by atoms with E-state index in [0.29, 0.717) is 13.1 Å². The predicted octanol–water partition coefficient (Wildman–Crippen LogP) is 6.30. The van der Waals surface area contributed by atoms with E-state index in [-0.39, 0.29) is 24.5 Å². The van der Waals surface area contributed by atoms with Gasteiger partial charge in [0.15, 0.2) is 0 Å². The topological polar surface area (TPSA) is 68.4 Å². The molecule has 0 unspecified atom stereocenters. The van der Waals surface area contributed by atoms with Gasteiger partial charge in [-0.3, -0.25) is 4.79 Å². The lowest BCUT2D eigenvalue weighted by Gasteiger charge is -2.30. The zero-order chi connectivity index (χ0) is 26.4. The number of amides is 3. The Hall–Kier alpha value is -4.06. The van der Waals surface area contributed by atoms with E-state index in [1.807, 2.05) is 99.5 Å². The summed E-state index contributed by atoms with van der Waals surface area (Å²) in [5, 5.41) is 4.21. The average molecular weight is 497 g/mol. The van der Waals surface area contributed by atoms with Gasteiger partial charge in [0, 0.05) is 41.9 Å².